The van der Waals surface area contributed by atoms with Crippen molar-refractivity contribution in [1.82, 2.24) is 0 Å². The van der Waals surface area contributed by atoms with Gasteiger partial charge in [-0.2, -0.15) is 0 Å². The molecule has 0 aliphatic carbocycles. The molecule has 0 spiro atoms. The molecule has 0 aliphatic heterocycles. The van der Waals surface area contributed by atoms with E-state index in [9.17, 15) is 0 Å². The molecule has 0 unspecified atom stereocenters. The fraction of sp³-hybridized carbons (Fsp3) is 0.875. The monoisotopic (exact) mass is 224 g/mol. The zero-order chi connectivity index (χ0) is 7.98. The number of hydrogen-bond acceptors (Lipinski definition) is 1. The van der Waals surface area contributed by atoms with Gasteiger partial charge in [-0.1, -0.05) is 0 Å². The van der Waals surface area contributed by atoms with Crippen LogP contribution in [0.15, 0.2) is 0 Å². The normalized spacial score (nSPS) is 10.4. The molecule has 0 heterocycles. The summed E-state index contributed by atoms with van der Waals surface area (Å²) in [5.41, 5.74) is 0. The Morgan fingerprint density at radius 2 is 2.10 bits per heavy atom. The van der Waals surface area contributed by atoms with Crippen molar-refractivity contribution in [3.8, 4) is 0 Å². The molecule has 0 amide bonds. The van der Waals surface area contributed by atoms with E-state index in [2.05, 4.69) is 36.3 Å². The zero-order valence-electron chi connectivity index (χ0n) is 7.02. The van der Waals surface area contributed by atoms with Crippen molar-refractivity contribution in [3.63, 3.8) is 0 Å². The summed E-state index contributed by atoms with van der Waals surface area (Å²) in [7, 11) is 0. The zero-order valence-corrected chi connectivity index (χ0v) is 9.54. The van der Waals surface area contributed by atoms with Crippen molar-refractivity contribution in [2.24, 2.45) is 5.92 Å². The van der Waals surface area contributed by atoms with Crippen LogP contribution >= 0.6 is 11.8 Å². The van der Waals surface area contributed by atoms with Crippen LogP contribution in [0.3, 0.4) is 0 Å². The Morgan fingerprint density at radius 1 is 1.50 bits per heavy atom. The van der Waals surface area contributed by atoms with E-state index in [1.54, 1.807) is 0 Å². The van der Waals surface area contributed by atoms with Gasteiger partial charge in [0, 0.05) is 0 Å². The third-order valence-electron chi connectivity index (χ3n) is 1.21. The molecule has 0 N–H and O–H groups in total. The van der Waals surface area contributed by atoms with Crippen LogP contribution in [-0.2, 0) is 0 Å². The molecule has 0 rings (SSSR count). The van der Waals surface area contributed by atoms with Crippen LogP contribution in [0.5, 0.6) is 0 Å². The van der Waals surface area contributed by atoms with Crippen LogP contribution in [0.2, 0.25) is 0 Å². The summed E-state index contributed by atoms with van der Waals surface area (Å²) in [6.45, 7) is 6.69. The van der Waals surface area contributed by atoms with Crippen LogP contribution in [-0.4, -0.2) is 25.1 Å². The average Bonchev–Trinajstić information content (AvgIpc) is 1.88. The number of hydrogen-bond donors (Lipinski definition) is 0. The van der Waals surface area contributed by atoms with E-state index in [4.69, 9.17) is 0 Å². The Kier molecular flexibility index (Phi) is 6.93. The molecule has 0 bridgehead atoms. The minimum absolute atomic E-state index is 0.696. The number of unbranched alkanes of at least 4 members (excludes halogenated alkanes) is 1. The summed E-state index contributed by atoms with van der Waals surface area (Å²) >= 11 is 5.09. The summed E-state index contributed by atoms with van der Waals surface area (Å²) < 4.78 is 1.45. The standard InChI is InChI=1S/C8H16SSe/c1-4-5-6-9-8(10)7(2)3/h7H,4-6H2,1-3H3. The van der Waals surface area contributed by atoms with E-state index in [0.29, 0.717) is 5.92 Å². The van der Waals surface area contributed by atoms with Gasteiger partial charge in [-0.15, -0.1) is 0 Å². The molecule has 0 saturated heterocycles. The van der Waals surface area contributed by atoms with Crippen LogP contribution in [0, 0.1) is 5.92 Å². The first kappa shape index (κ1) is 10.7. The molecular formula is C8H16SSe. The van der Waals surface area contributed by atoms with E-state index in [1.807, 2.05) is 11.8 Å². The van der Waals surface area contributed by atoms with Crippen LogP contribution in [0.4, 0.5) is 0 Å². The second kappa shape index (κ2) is 6.45. The van der Waals surface area contributed by atoms with E-state index in [0.717, 1.165) is 0 Å². The number of thioether (sulfide) groups is 1. The summed E-state index contributed by atoms with van der Waals surface area (Å²) in [5, 5.41) is 0. The van der Waals surface area contributed by atoms with Gasteiger partial charge in [-0.05, 0) is 0 Å². The van der Waals surface area contributed by atoms with Gasteiger partial charge in [-0.3, -0.25) is 0 Å². The van der Waals surface area contributed by atoms with E-state index in [1.165, 1.54) is 22.3 Å². The van der Waals surface area contributed by atoms with Gasteiger partial charge in [0.15, 0.2) is 0 Å². The topological polar surface area (TPSA) is 0 Å². The fourth-order valence-corrected chi connectivity index (χ4v) is 1.98. The molecule has 0 fully saturated rings. The quantitative estimate of drug-likeness (QED) is 0.509. The molecule has 0 nitrogen and oxygen atoms in total. The molecule has 0 aromatic rings. The van der Waals surface area contributed by atoms with Gasteiger partial charge in [0.05, 0.1) is 0 Å². The Labute approximate surface area is 76.5 Å². The first-order valence-corrected chi connectivity index (χ1v) is 5.69. The second-order valence-corrected chi connectivity index (χ2v) is 5.32. The SMILES string of the molecule is CCCCSC(=[Se])C(C)C. The fourth-order valence-electron chi connectivity index (χ4n) is 0.484. The van der Waals surface area contributed by atoms with Gasteiger partial charge in [0.1, 0.15) is 0 Å². The molecule has 0 aromatic heterocycles. The van der Waals surface area contributed by atoms with Crippen LogP contribution in [0.25, 0.3) is 0 Å². The predicted molar refractivity (Wildman–Crippen MR) is 53.0 cm³/mol. The van der Waals surface area contributed by atoms with Crippen LogP contribution < -0.4 is 0 Å². The predicted octanol–water partition coefficient (Wildman–Crippen LogP) is 2.47. The molecule has 10 heavy (non-hydrogen) atoms. The Balaban J connectivity index is 3.22. The van der Waals surface area contributed by atoms with E-state index >= 15 is 0 Å². The maximum atomic E-state index is 3.12. The van der Waals surface area contributed by atoms with Gasteiger partial charge < -0.3 is 0 Å². The van der Waals surface area contributed by atoms with Crippen molar-refractivity contribution in [3.05, 3.63) is 0 Å². The maximum absolute atomic E-state index is 3.12. The van der Waals surface area contributed by atoms with Gasteiger partial charge in [0.2, 0.25) is 0 Å². The summed E-state index contributed by atoms with van der Waals surface area (Å²) in [4.78, 5) is 0. The van der Waals surface area contributed by atoms with Gasteiger partial charge in [-0.25, -0.2) is 0 Å². The van der Waals surface area contributed by atoms with Crippen molar-refractivity contribution < 1.29 is 0 Å². The number of rotatable bonds is 5. The van der Waals surface area contributed by atoms with Gasteiger partial charge >= 0.3 is 76.4 Å². The molecule has 0 radical (unpaired) electrons. The Bertz CT molecular complexity index is 99.4. The van der Waals surface area contributed by atoms with E-state index < -0.39 is 0 Å². The van der Waals surface area contributed by atoms with Crippen molar-refractivity contribution in [2.45, 2.75) is 33.6 Å². The summed E-state index contributed by atoms with van der Waals surface area (Å²) in [6.07, 6.45) is 2.64. The second-order valence-electron chi connectivity index (χ2n) is 2.68. The first-order valence-electron chi connectivity index (χ1n) is 3.85. The molecule has 2 heteroatoms. The summed E-state index contributed by atoms with van der Waals surface area (Å²) in [5.74, 6) is 1.97. The molecule has 0 aliphatic rings. The van der Waals surface area contributed by atoms with Crippen molar-refractivity contribution in [1.29, 1.82) is 0 Å². The molecule has 0 saturated carbocycles. The minimum atomic E-state index is 0.696. The van der Waals surface area contributed by atoms with Crippen molar-refractivity contribution >= 4 is 31.1 Å². The molecular weight excluding hydrogens is 207 g/mol. The molecule has 60 valence electrons. The third kappa shape index (κ3) is 5.52. The van der Waals surface area contributed by atoms with Crippen molar-refractivity contribution in [2.75, 3.05) is 5.75 Å². The van der Waals surface area contributed by atoms with E-state index in [-0.39, 0.29) is 0 Å². The first-order chi connectivity index (χ1) is 4.68. The Morgan fingerprint density at radius 3 is 2.50 bits per heavy atom. The molecule has 0 atom stereocenters. The average molecular weight is 223 g/mol. The Hall–Kier alpha value is 0.739. The van der Waals surface area contributed by atoms with Crippen LogP contribution in [0.1, 0.15) is 33.6 Å². The molecule has 0 aromatic carbocycles. The summed E-state index contributed by atoms with van der Waals surface area (Å²) in [6, 6.07) is 0. The third-order valence-corrected chi connectivity index (χ3v) is 4.19. The van der Waals surface area contributed by atoms with Gasteiger partial charge in [0.25, 0.3) is 0 Å².